The molecule has 0 saturated carbocycles. The summed E-state index contributed by atoms with van der Waals surface area (Å²) in [6, 6.07) is 8.22. The molecule has 0 aromatic heterocycles. The molecule has 1 saturated heterocycles. The minimum Gasteiger partial charge on any atom is -0.357 e. The molecule has 1 aromatic carbocycles. The Kier molecular flexibility index (Phi) is 7.28. The monoisotopic (exact) mass is 385 g/mol. The predicted octanol–water partition coefficient (Wildman–Crippen LogP) is 1.49. The number of fused-ring (bicyclic) bond motifs is 1. The fraction of sp³-hybridized carbons (Fsp3) is 0.571. The molecule has 2 aliphatic rings. The fourth-order valence-electron chi connectivity index (χ4n) is 3.67. The van der Waals surface area contributed by atoms with Gasteiger partial charge in [0.05, 0.1) is 0 Å². The Morgan fingerprint density at radius 3 is 2.32 bits per heavy atom. The number of aliphatic imine (C=N–C) groups is 1. The second kappa shape index (κ2) is 10.1. The van der Waals surface area contributed by atoms with E-state index in [9.17, 15) is 9.59 Å². The zero-order chi connectivity index (χ0) is 19.8. The number of guanidine groups is 1. The van der Waals surface area contributed by atoms with Crippen molar-refractivity contribution in [2.75, 3.05) is 32.7 Å². The third-order valence-corrected chi connectivity index (χ3v) is 5.23. The Balaban J connectivity index is 1.38. The van der Waals surface area contributed by atoms with Crippen molar-refractivity contribution in [3.63, 3.8) is 0 Å². The van der Waals surface area contributed by atoms with Gasteiger partial charge in [-0.2, -0.15) is 0 Å². The Hall–Kier alpha value is -2.57. The molecule has 0 unspecified atom stereocenters. The van der Waals surface area contributed by atoms with Crippen molar-refractivity contribution in [1.29, 1.82) is 0 Å². The van der Waals surface area contributed by atoms with Crippen molar-refractivity contribution in [2.24, 2.45) is 4.99 Å². The summed E-state index contributed by atoms with van der Waals surface area (Å²) in [5, 5.41) is 6.38. The molecule has 152 valence electrons. The number of amides is 2. The van der Waals surface area contributed by atoms with Gasteiger partial charge in [-0.25, -0.2) is 4.99 Å². The number of benzene rings is 1. The van der Waals surface area contributed by atoms with Gasteiger partial charge in [-0.1, -0.05) is 24.3 Å². The lowest BCUT2D eigenvalue weighted by molar-refractivity contribution is -0.132. The lowest BCUT2D eigenvalue weighted by Gasteiger charge is -2.16. The van der Waals surface area contributed by atoms with Crippen LogP contribution in [0.15, 0.2) is 29.3 Å². The van der Waals surface area contributed by atoms with Gasteiger partial charge in [0.1, 0.15) is 6.54 Å². The molecular weight excluding hydrogens is 354 g/mol. The maximum Gasteiger partial charge on any atom is 0.244 e. The smallest absolute Gasteiger partial charge is 0.244 e. The molecule has 2 N–H and O–H groups in total. The minimum atomic E-state index is 0.0819. The van der Waals surface area contributed by atoms with E-state index < -0.39 is 0 Å². The van der Waals surface area contributed by atoms with Crippen LogP contribution in [-0.4, -0.2) is 60.3 Å². The molecule has 0 aliphatic carbocycles. The van der Waals surface area contributed by atoms with Crippen LogP contribution in [0.25, 0.3) is 0 Å². The van der Waals surface area contributed by atoms with Gasteiger partial charge < -0.3 is 20.4 Å². The number of nitrogens with one attached hydrogen (secondary N) is 2. The molecule has 2 amide bonds. The average molecular weight is 386 g/mol. The van der Waals surface area contributed by atoms with Crippen LogP contribution in [0.5, 0.6) is 0 Å². The molecule has 1 fully saturated rings. The molecule has 0 bridgehead atoms. The summed E-state index contributed by atoms with van der Waals surface area (Å²) in [6.45, 7) is 6.66. The lowest BCUT2D eigenvalue weighted by Crippen LogP contribution is -2.39. The summed E-state index contributed by atoms with van der Waals surface area (Å²) in [4.78, 5) is 32.8. The van der Waals surface area contributed by atoms with E-state index in [0.29, 0.717) is 32.0 Å². The lowest BCUT2D eigenvalue weighted by atomic mass is 10.1. The number of hydrogen-bond donors (Lipinski definition) is 2. The first-order valence-electron chi connectivity index (χ1n) is 10.3. The van der Waals surface area contributed by atoms with Crippen molar-refractivity contribution < 1.29 is 9.59 Å². The maximum absolute atomic E-state index is 12.4. The van der Waals surface area contributed by atoms with Crippen molar-refractivity contribution >= 4 is 17.8 Å². The molecule has 3 rings (SSSR count). The normalized spacial score (nSPS) is 16.2. The highest BCUT2D eigenvalue weighted by Crippen LogP contribution is 2.22. The number of carbonyl (C=O) groups is 2. The van der Waals surface area contributed by atoms with Crippen LogP contribution < -0.4 is 10.6 Å². The first-order valence-corrected chi connectivity index (χ1v) is 10.3. The molecular formula is C21H31N5O2. The van der Waals surface area contributed by atoms with Gasteiger partial charge in [-0.05, 0) is 37.3 Å². The van der Waals surface area contributed by atoms with Crippen LogP contribution in [0.4, 0.5) is 0 Å². The van der Waals surface area contributed by atoms with Crippen molar-refractivity contribution in [1.82, 2.24) is 20.4 Å². The van der Waals surface area contributed by atoms with Crippen molar-refractivity contribution in [3.05, 3.63) is 35.4 Å². The van der Waals surface area contributed by atoms with E-state index in [0.717, 1.165) is 38.9 Å². The number of nitrogens with zero attached hydrogens (tertiary/aromatic N) is 3. The van der Waals surface area contributed by atoms with Crippen LogP contribution in [0.1, 0.15) is 43.7 Å². The zero-order valence-corrected chi connectivity index (χ0v) is 16.7. The van der Waals surface area contributed by atoms with E-state index in [1.54, 1.807) is 0 Å². The largest absolute Gasteiger partial charge is 0.357 e. The molecule has 2 heterocycles. The number of hydrogen-bond acceptors (Lipinski definition) is 3. The van der Waals surface area contributed by atoms with E-state index in [-0.39, 0.29) is 18.4 Å². The van der Waals surface area contributed by atoms with E-state index in [1.807, 2.05) is 28.9 Å². The minimum absolute atomic E-state index is 0.0819. The van der Waals surface area contributed by atoms with Crippen LogP contribution in [0.2, 0.25) is 0 Å². The van der Waals surface area contributed by atoms with Crippen molar-refractivity contribution in [3.8, 4) is 0 Å². The highest BCUT2D eigenvalue weighted by molar-refractivity contribution is 5.85. The zero-order valence-electron chi connectivity index (χ0n) is 16.7. The summed E-state index contributed by atoms with van der Waals surface area (Å²) < 4.78 is 0. The molecule has 7 heteroatoms. The van der Waals surface area contributed by atoms with Gasteiger partial charge in [-0.3, -0.25) is 9.59 Å². The van der Waals surface area contributed by atoms with Crippen LogP contribution >= 0.6 is 0 Å². The van der Waals surface area contributed by atoms with E-state index in [2.05, 4.69) is 27.8 Å². The molecule has 28 heavy (non-hydrogen) atoms. The Morgan fingerprint density at radius 1 is 1.00 bits per heavy atom. The molecule has 0 radical (unpaired) electrons. The van der Waals surface area contributed by atoms with Gasteiger partial charge in [-0.15, -0.1) is 0 Å². The average Bonchev–Trinajstić information content (AvgIpc) is 3.38. The highest BCUT2D eigenvalue weighted by Gasteiger charge is 2.22. The summed E-state index contributed by atoms with van der Waals surface area (Å²) >= 11 is 0. The Morgan fingerprint density at radius 2 is 1.68 bits per heavy atom. The molecule has 0 spiro atoms. The molecule has 0 atom stereocenters. The second-order valence-electron chi connectivity index (χ2n) is 7.33. The van der Waals surface area contributed by atoms with E-state index in [1.165, 1.54) is 11.1 Å². The van der Waals surface area contributed by atoms with E-state index >= 15 is 0 Å². The SMILES string of the molecule is CCNC(=NCC(=O)N1CCCC1)NCCCC(=O)N1Cc2ccccc2C1. The maximum atomic E-state index is 12.4. The predicted molar refractivity (Wildman–Crippen MR) is 110 cm³/mol. The summed E-state index contributed by atoms with van der Waals surface area (Å²) in [5.74, 6) is 0.902. The first-order chi connectivity index (χ1) is 13.7. The van der Waals surface area contributed by atoms with Gasteiger partial charge in [0, 0.05) is 45.7 Å². The van der Waals surface area contributed by atoms with Crippen LogP contribution in [-0.2, 0) is 22.7 Å². The Bertz CT molecular complexity index is 688. The third kappa shape index (κ3) is 5.47. The summed E-state index contributed by atoms with van der Waals surface area (Å²) in [5.41, 5.74) is 2.50. The number of carbonyl (C=O) groups excluding carboxylic acids is 2. The number of rotatable bonds is 7. The standard InChI is InChI=1S/C21H31N5O2/c1-2-22-21(24-14-20(28)25-12-5-6-13-25)23-11-7-10-19(27)26-15-17-8-3-4-9-18(17)16-26/h3-4,8-9H,2,5-7,10-16H2,1H3,(H2,22,23,24). The number of likely N-dealkylation sites (tertiary alicyclic amines) is 1. The molecule has 1 aromatic rings. The third-order valence-electron chi connectivity index (χ3n) is 5.23. The van der Waals surface area contributed by atoms with E-state index in [4.69, 9.17) is 0 Å². The topological polar surface area (TPSA) is 77.0 Å². The fourth-order valence-corrected chi connectivity index (χ4v) is 3.67. The second-order valence-corrected chi connectivity index (χ2v) is 7.33. The van der Waals surface area contributed by atoms with Gasteiger partial charge in [0.15, 0.2) is 5.96 Å². The van der Waals surface area contributed by atoms with Crippen molar-refractivity contribution in [2.45, 2.75) is 45.7 Å². The first kappa shape index (κ1) is 20.2. The highest BCUT2D eigenvalue weighted by atomic mass is 16.2. The Labute approximate surface area is 167 Å². The molecule has 7 nitrogen and oxygen atoms in total. The van der Waals surface area contributed by atoms with Gasteiger partial charge in [0.2, 0.25) is 11.8 Å². The van der Waals surface area contributed by atoms with Gasteiger partial charge >= 0.3 is 0 Å². The van der Waals surface area contributed by atoms with Crippen LogP contribution in [0, 0.1) is 0 Å². The summed E-state index contributed by atoms with van der Waals surface area (Å²) in [7, 11) is 0. The van der Waals surface area contributed by atoms with Crippen LogP contribution in [0.3, 0.4) is 0 Å². The van der Waals surface area contributed by atoms with Gasteiger partial charge in [0.25, 0.3) is 0 Å². The molecule has 2 aliphatic heterocycles. The summed E-state index contributed by atoms with van der Waals surface area (Å²) in [6.07, 6.45) is 3.41. The quantitative estimate of drug-likeness (QED) is 0.424.